The van der Waals surface area contributed by atoms with Gasteiger partial charge in [-0.15, -0.1) is 0 Å². The number of benzene rings is 2. The zero-order valence-electron chi connectivity index (χ0n) is 11.3. The molecule has 0 fully saturated rings. The molecule has 0 radical (unpaired) electrons. The second-order valence-corrected chi connectivity index (χ2v) is 4.31. The van der Waals surface area contributed by atoms with E-state index in [1.807, 2.05) is 0 Å². The van der Waals surface area contributed by atoms with Gasteiger partial charge in [-0.25, -0.2) is 4.39 Å². The number of carbonyl (C=O) groups excluding carboxylic acids is 1. The Labute approximate surface area is 121 Å². The Kier molecular flexibility index (Phi) is 4.73. The fraction of sp³-hybridized carbons (Fsp3) is 0.133. The second kappa shape index (κ2) is 6.71. The maximum Gasteiger partial charge on any atom is 0.253 e. The lowest BCUT2D eigenvalue weighted by Crippen LogP contribution is -2.15. The highest BCUT2D eigenvalue weighted by Crippen LogP contribution is 2.24. The van der Waals surface area contributed by atoms with E-state index >= 15 is 0 Å². The Hall–Kier alpha value is -2.60. The third-order valence-electron chi connectivity index (χ3n) is 2.78. The zero-order valence-corrected chi connectivity index (χ0v) is 11.3. The van der Waals surface area contributed by atoms with E-state index in [4.69, 9.17) is 16.2 Å². The van der Waals surface area contributed by atoms with Gasteiger partial charge >= 0.3 is 0 Å². The van der Waals surface area contributed by atoms with Crippen LogP contribution in [0, 0.1) is 5.82 Å². The SMILES string of the molecule is NCCOc1ccc(Nc2cccc(F)c2C(N)=O)cc1. The summed E-state index contributed by atoms with van der Waals surface area (Å²) in [6.07, 6.45) is 0. The van der Waals surface area contributed by atoms with Gasteiger partial charge in [-0.3, -0.25) is 4.79 Å². The summed E-state index contributed by atoms with van der Waals surface area (Å²) in [5.41, 5.74) is 11.4. The molecule has 5 nitrogen and oxygen atoms in total. The van der Waals surface area contributed by atoms with Crippen LogP contribution in [-0.4, -0.2) is 19.1 Å². The predicted molar refractivity (Wildman–Crippen MR) is 79.2 cm³/mol. The monoisotopic (exact) mass is 289 g/mol. The number of rotatable bonds is 6. The highest BCUT2D eigenvalue weighted by atomic mass is 19.1. The molecule has 6 heteroatoms. The molecule has 0 aliphatic heterocycles. The molecule has 0 heterocycles. The van der Waals surface area contributed by atoms with E-state index in [2.05, 4.69) is 5.32 Å². The van der Waals surface area contributed by atoms with E-state index in [1.54, 1.807) is 30.3 Å². The maximum atomic E-state index is 13.6. The van der Waals surface area contributed by atoms with E-state index in [9.17, 15) is 9.18 Å². The quantitative estimate of drug-likeness (QED) is 0.758. The Balaban J connectivity index is 2.19. The molecule has 1 amide bonds. The van der Waals surface area contributed by atoms with Crippen molar-refractivity contribution in [3.05, 3.63) is 53.8 Å². The number of ether oxygens (including phenoxy) is 1. The van der Waals surface area contributed by atoms with Crippen LogP contribution in [0.2, 0.25) is 0 Å². The molecule has 2 rings (SSSR count). The Bertz CT molecular complexity index is 629. The van der Waals surface area contributed by atoms with Crippen LogP contribution in [0.5, 0.6) is 5.75 Å². The van der Waals surface area contributed by atoms with Crippen LogP contribution < -0.4 is 21.5 Å². The van der Waals surface area contributed by atoms with Crippen molar-refractivity contribution in [1.82, 2.24) is 0 Å². The van der Waals surface area contributed by atoms with Gasteiger partial charge in [-0.05, 0) is 36.4 Å². The van der Waals surface area contributed by atoms with Gasteiger partial charge in [0.2, 0.25) is 0 Å². The van der Waals surface area contributed by atoms with Crippen molar-refractivity contribution in [2.45, 2.75) is 0 Å². The number of nitrogens with one attached hydrogen (secondary N) is 1. The summed E-state index contributed by atoms with van der Waals surface area (Å²) >= 11 is 0. The molecule has 0 bridgehead atoms. The zero-order chi connectivity index (χ0) is 15.2. The largest absolute Gasteiger partial charge is 0.492 e. The summed E-state index contributed by atoms with van der Waals surface area (Å²) < 4.78 is 19.0. The second-order valence-electron chi connectivity index (χ2n) is 4.31. The standard InChI is InChI=1S/C15H16FN3O2/c16-12-2-1-3-13(14(12)15(18)20)19-10-4-6-11(7-5-10)21-9-8-17/h1-7,19H,8-9,17H2,(H2,18,20). The molecule has 2 aromatic carbocycles. The van der Waals surface area contributed by atoms with Crippen molar-refractivity contribution in [2.24, 2.45) is 11.5 Å². The lowest BCUT2D eigenvalue weighted by molar-refractivity contribution is 0.0997. The number of primary amides is 1. The lowest BCUT2D eigenvalue weighted by Gasteiger charge is -2.11. The molecule has 2 aromatic rings. The number of halogens is 1. The molecule has 0 unspecified atom stereocenters. The van der Waals surface area contributed by atoms with Gasteiger partial charge in [0.15, 0.2) is 0 Å². The molecule has 0 aromatic heterocycles. The molecular weight excluding hydrogens is 273 g/mol. The summed E-state index contributed by atoms with van der Waals surface area (Å²) in [5, 5.41) is 2.96. The van der Waals surface area contributed by atoms with Crippen molar-refractivity contribution in [1.29, 1.82) is 0 Å². The van der Waals surface area contributed by atoms with Crippen LogP contribution in [-0.2, 0) is 0 Å². The van der Waals surface area contributed by atoms with Crippen molar-refractivity contribution in [3.63, 3.8) is 0 Å². The smallest absolute Gasteiger partial charge is 0.253 e. The summed E-state index contributed by atoms with van der Waals surface area (Å²) in [4.78, 5) is 11.3. The van der Waals surface area contributed by atoms with Gasteiger partial charge in [-0.1, -0.05) is 6.07 Å². The topological polar surface area (TPSA) is 90.4 Å². The first-order valence-electron chi connectivity index (χ1n) is 6.40. The van der Waals surface area contributed by atoms with Crippen LogP contribution in [0.25, 0.3) is 0 Å². The number of nitrogens with two attached hydrogens (primary N) is 2. The minimum atomic E-state index is -0.821. The number of amides is 1. The molecule has 5 N–H and O–H groups in total. The molecule has 0 saturated carbocycles. The van der Waals surface area contributed by atoms with Gasteiger partial charge in [0, 0.05) is 12.2 Å². The first-order valence-corrected chi connectivity index (χ1v) is 6.40. The molecule has 21 heavy (non-hydrogen) atoms. The van der Waals surface area contributed by atoms with Gasteiger partial charge < -0.3 is 21.5 Å². The first kappa shape index (κ1) is 14.8. The van der Waals surface area contributed by atoms with E-state index in [-0.39, 0.29) is 5.56 Å². The molecule has 110 valence electrons. The summed E-state index contributed by atoms with van der Waals surface area (Å²) in [7, 11) is 0. The van der Waals surface area contributed by atoms with Crippen LogP contribution in [0.1, 0.15) is 10.4 Å². The van der Waals surface area contributed by atoms with Crippen molar-refractivity contribution in [3.8, 4) is 5.75 Å². The average Bonchev–Trinajstić information content (AvgIpc) is 2.46. The van der Waals surface area contributed by atoms with Crippen LogP contribution in [0.3, 0.4) is 0 Å². The minimum absolute atomic E-state index is 0.166. The predicted octanol–water partition coefficient (Wildman–Crippen LogP) is 2.01. The van der Waals surface area contributed by atoms with Gasteiger partial charge in [0.1, 0.15) is 18.2 Å². The summed E-state index contributed by atoms with van der Waals surface area (Å²) in [6.45, 7) is 0.869. The summed E-state index contributed by atoms with van der Waals surface area (Å²) in [6, 6.07) is 11.3. The highest BCUT2D eigenvalue weighted by molar-refractivity contribution is 5.99. The van der Waals surface area contributed by atoms with E-state index in [0.29, 0.717) is 30.3 Å². The van der Waals surface area contributed by atoms with Crippen molar-refractivity contribution >= 4 is 17.3 Å². The number of anilines is 2. The molecule has 0 aliphatic carbocycles. The Morgan fingerprint density at radius 1 is 1.19 bits per heavy atom. The third kappa shape index (κ3) is 3.70. The normalized spacial score (nSPS) is 10.2. The Morgan fingerprint density at radius 3 is 2.52 bits per heavy atom. The fourth-order valence-corrected chi connectivity index (χ4v) is 1.85. The van der Waals surface area contributed by atoms with E-state index in [1.165, 1.54) is 12.1 Å². The Morgan fingerprint density at radius 2 is 1.90 bits per heavy atom. The molecule has 0 saturated heterocycles. The average molecular weight is 289 g/mol. The highest BCUT2D eigenvalue weighted by Gasteiger charge is 2.13. The van der Waals surface area contributed by atoms with E-state index in [0.717, 1.165) is 0 Å². The molecule has 0 spiro atoms. The molecular formula is C15H16FN3O2. The van der Waals surface area contributed by atoms with E-state index < -0.39 is 11.7 Å². The maximum absolute atomic E-state index is 13.6. The minimum Gasteiger partial charge on any atom is -0.492 e. The van der Waals surface area contributed by atoms with Crippen LogP contribution in [0.4, 0.5) is 15.8 Å². The van der Waals surface area contributed by atoms with Crippen LogP contribution in [0.15, 0.2) is 42.5 Å². The van der Waals surface area contributed by atoms with Gasteiger partial charge in [0.05, 0.1) is 11.3 Å². The summed E-state index contributed by atoms with van der Waals surface area (Å²) in [5.74, 6) is -0.797. The fourth-order valence-electron chi connectivity index (χ4n) is 1.85. The molecule has 0 atom stereocenters. The number of carbonyl (C=O) groups is 1. The molecule has 0 aliphatic rings. The number of hydrogen-bond acceptors (Lipinski definition) is 4. The third-order valence-corrected chi connectivity index (χ3v) is 2.78. The van der Waals surface area contributed by atoms with Crippen molar-refractivity contribution < 1.29 is 13.9 Å². The van der Waals surface area contributed by atoms with Gasteiger partial charge in [-0.2, -0.15) is 0 Å². The number of hydrogen-bond donors (Lipinski definition) is 3. The van der Waals surface area contributed by atoms with Gasteiger partial charge in [0.25, 0.3) is 5.91 Å². The van der Waals surface area contributed by atoms with Crippen molar-refractivity contribution in [2.75, 3.05) is 18.5 Å². The lowest BCUT2D eigenvalue weighted by atomic mass is 10.1. The van der Waals surface area contributed by atoms with Crippen LogP contribution >= 0.6 is 0 Å². The first-order chi connectivity index (χ1) is 10.1.